The Labute approximate surface area is 170 Å². The zero-order chi connectivity index (χ0) is 18.9. The Morgan fingerprint density at radius 1 is 1.15 bits per heavy atom. The van der Waals surface area contributed by atoms with E-state index in [0.29, 0.717) is 39.6 Å². The standard InChI is InChI=1S/C17H15BrCl2N2O3S/c18-14-10-12(5-8-15(14)20)21-17(23)16-2-1-9-22(16)26(24,25)13-6-3-11(19)4-7-13/h3-8,10,16H,1-2,9H2,(H,21,23)/t16-/m1/s1. The molecule has 138 valence electrons. The molecule has 1 aliphatic heterocycles. The van der Waals surface area contributed by atoms with Gasteiger partial charge >= 0.3 is 0 Å². The molecule has 0 bridgehead atoms. The van der Waals surface area contributed by atoms with Crippen molar-refractivity contribution in [3.8, 4) is 0 Å². The van der Waals surface area contributed by atoms with Crippen LogP contribution in [0.1, 0.15) is 12.8 Å². The van der Waals surface area contributed by atoms with Crippen LogP contribution in [0.5, 0.6) is 0 Å². The van der Waals surface area contributed by atoms with Crippen molar-refractivity contribution in [3.05, 3.63) is 57.0 Å². The summed E-state index contributed by atoms with van der Waals surface area (Å²) in [6.07, 6.45) is 1.09. The molecule has 1 heterocycles. The van der Waals surface area contributed by atoms with E-state index in [1.807, 2.05) is 0 Å². The number of carbonyl (C=O) groups excluding carboxylic acids is 1. The lowest BCUT2D eigenvalue weighted by Crippen LogP contribution is -2.43. The fourth-order valence-electron chi connectivity index (χ4n) is 2.83. The molecule has 1 saturated heterocycles. The molecule has 1 atom stereocenters. The first-order chi connectivity index (χ1) is 12.3. The van der Waals surface area contributed by atoms with Gasteiger partial charge in [-0.05, 0) is 71.2 Å². The predicted octanol–water partition coefficient (Wildman–Crippen LogP) is 4.55. The molecule has 0 radical (unpaired) electrons. The fourth-order valence-corrected chi connectivity index (χ4v) is 5.11. The van der Waals surface area contributed by atoms with Gasteiger partial charge in [0.2, 0.25) is 15.9 Å². The lowest BCUT2D eigenvalue weighted by atomic mass is 10.2. The second-order valence-electron chi connectivity index (χ2n) is 5.85. The van der Waals surface area contributed by atoms with Crippen molar-refractivity contribution >= 4 is 60.7 Å². The van der Waals surface area contributed by atoms with Crippen molar-refractivity contribution in [1.29, 1.82) is 0 Å². The van der Waals surface area contributed by atoms with E-state index >= 15 is 0 Å². The van der Waals surface area contributed by atoms with E-state index in [1.54, 1.807) is 18.2 Å². The molecule has 2 aromatic carbocycles. The molecule has 1 amide bonds. The van der Waals surface area contributed by atoms with Gasteiger partial charge in [0, 0.05) is 21.7 Å². The summed E-state index contributed by atoms with van der Waals surface area (Å²) >= 11 is 15.1. The molecular formula is C17H15BrCl2N2O3S. The third kappa shape index (κ3) is 4.07. The third-order valence-corrected chi connectivity index (χ3v) is 7.50. The molecule has 0 spiro atoms. The largest absolute Gasteiger partial charge is 0.325 e. The van der Waals surface area contributed by atoms with Crippen LogP contribution in [0.3, 0.4) is 0 Å². The van der Waals surface area contributed by atoms with Gasteiger partial charge in [0.1, 0.15) is 6.04 Å². The number of anilines is 1. The second-order valence-corrected chi connectivity index (χ2v) is 9.43. The maximum Gasteiger partial charge on any atom is 0.243 e. The van der Waals surface area contributed by atoms with Gasteiger partial charge in [-0.3, -0.25) is 4.79 Å². The van der Waals surface area contributed by atoms with Crippen molar-refractivity contribution < 1.29 is 13.2 Å². The summed E-state index contributed by atoms with van der Waals surface area (Å²) < 4.78 is 27.7. The van der Waals surface area contributed by atoms with Crippen molar-refractivity contribution in [2.75, 3.05) is 11.9 Å². The van der Waals surface area contributed by atoms with Gasteiger partial charge in [0.15, 0.2) is 0 Å². The fraction of sp³-hybridized carbons (Fsp3) is 0.235. The highest BCUT2D eigenvalue weighted by atomic mass is 79.9. The molecule has 1 N–H and O–H groups in total. The first-order valence-electron chi connectivity index (χ1n) is 7.82. The van der Waals surface area contributed by atoms with Crippen LogP contribution in [0.25, 0.3) is 0 Å². The van der Waals surface area contributed by atoms with E-state index in [0.717, 1.165) is 0 Å². The number of benzene rings is 2. The SMILES string of the molecule is O=C(Nc1ccc(Cl)c(Br)c1)[C@H]1CCCN1S(=O)(=O)c1ccc(Cl)cc1. The molecule has 2 aromatic rings. The van der Waals surface area contributed by atoms with Gasteiger partial charge in [-0.25, -0.2) is 8.42 Å². The van der Waals surface area contributed by atoms with Crippen molar-refractivity contribution in [2.45, 2.75) is 23.8 Å². The molecule has 0 aromatic heterocycles. The maximum absolute atomic E-state index is 12.9. The molecule has 9 heteroatoms. The molecule has 1 aliphatic rings. The van der Waals surface area contributed by atoms with Crippen molar-refractivity contribution in [2.24, 2.45) is 0 Å². The Balaban J connectivity index is 1.81. The quantitative estimate of drug-likeness (QED) is 0.702. The van der Waals surface area contributed by atoms with E-state index in [1.165, 1.54) is 28.6 Å². The summed E-state index contributed by atoms with van der Waals surface area (Å²) in [5, 5.41) is 3.74. The molecule has 0 aliphatic carbocycles. The van der Waals surface area contributed by atoms with Gasteiger partial charge < -0.3 is 5.32 Å². The van der Waals surface area contributed by atoms with Gasteiger partial charge in [-0.15, -0.1) is 0 Å². The topological polar surface area (TPSA) is 66.5 Å². The highest BCUT2D eigenvalue weighted by Crippen LogP contribution is 2.29. The highest BCUT2D eigenvalue weighted by molar-refractivity contribution is 9.10. The van der Waals surface area contributed by atoms with Crippen LogP contribution < -0.4 is 5.32 Å². The first-order valence-corrected chi connectivity index (χ1v) is 10.8. The predicted molar refractivity (Wildman–Crippen MR) is 106 cm³/mol. The van der Waals surface area contributed by atoms with Gasteiger partial charge in [0.25, 0.3) is 0 Å². The smallest absolute Gasteiger partial charge is 0.243 e. The number of nitrogens with one attached hydrogen (secondary N) is 1. The number of nitrogens with zero attached hydrogens (tertiary/aromatic N) is 1. The minimum atomic E-state index is -3.77. The van der Waals surface area contributed by atoms with Crippen LogP contribution in [-0.2, 0) is 14.8 Å². The third-order valence-electron chi connectivity index (χ3n) is 4.11. The zero-order valence-corrected chi connectivity index (χ0v) is 17.4. The minimum Gasteiger partial charge on any atom is -0.325 e. The van der Waals surface area contributed by atoms with E-state index in [4.69, 9.17) is 23.2 Å². The van der Waals surface area contributed by atoms with Crippen LogP contribution >= 0.6 is 39.1 Å². The lowest BCUT2D eigenvalue weighted by molar-refractivity contribution is -0.119. The summed E-state index contributed by atoms with van der Waals surface area (Å²) in [4.78, 5) is 12.8. The Hall–Kier alpha value is -1.12. The summed E-state index contributed by atoms with van der Waals surface area (Å²) in [5.41, 5.74) is 0.544. The lowest BCUT2D eigenvalue weighted by Gasteiger charge is -2.23. The minimum absolute atomic E-state index is 0.121. The molecular weight excluding hydrogens is 463 g/mol. The highest BCUT2D eigenvalue weighted by Gasteiger charge is 2.39. The van der Waals surface area contributed by atoms with E-state index in [-0.39, 0.29) is 10.8 Å². The number of sulfonamides is 1. The van der Waals surface area contributed by atoms with E-state index < -0.39 is 16.1 Å². The van der Waals surface area contributed by atoms with Crippen LogP contribution in [0.2, 0.25) is 10.0 Å². The van der Waals surface area contributed by atoms with E-state index in [2.05, 4.69) is 21.2 Å². The maximum atomic E-state index is 12.9. The summed E-state index contributed by atoms with van der Waals surface area (Å²) in [6, 6.07) is 10.2. The Morgan fingerprint density at radius 3 is 2.50 bits per heavy atom. The van der Waals surface area contributed by atoms with Gasteiger partial charge in [-0.2, -0.15) is 4.31 Å². The summed E-state index contributed by atoms with van der Waals surface area (Å²) in [7, 11) is -3.77. The Morgan fingerprint density at radius 2 is 1.85 bits per heavy atom. The molecule has 26 heavy (non-hydrogen) atoms. The number of amides is 1. The van der Waals surface area contributed by atoms with E-state index in [9.17, 15) is 13.2 Å². The Bertz CT molecular complexity index is 936. The molecule has 3 rings (SSSR count). The molecule has 0 saturated carbocycles. The second kappa shape index (κ2) is 7.86. The number of hydrogen-bond donors (Lipinski definition) is 1. The summed E-state index contributed by atoms with van der Waals surface area (Å²) in [6.45, 7) is 0.299. The van der Waals surface area contributed by atoms with Gasteiger partial charge in [-0.1, -0.05) is 23.2 Å². The number of hydrogen-bond acceptors (Lipinski definition) is 3. The Kier molecular flexibility index (Phi) is 5.94. The first kappa shape index (κ1) is 19.6. The molecule has 5 nitrogen and oxygen atoms in total. The number of rotatable bonds is 4. The van der Waals surface area contributed by atoms with Crippen molar-refractivity contribution in [3.63, 3.8) is 0 Å². The van der Waals surface area contributed by atoms with Crippen LogP contribution in [0.15, 0.2) is 51.8 Å². The van der Waals surface area contributed by atoms with Gasteiger partial charge in [0.05, 0.1) is 9.92 Å². The summed E-state index contributed by atoms with van der Waals surface area (Å²) in [5.74, 6) is -0.366. The number of carbonyl (C=O) groups is 1. The molecule has 1 fully saturated rings. The van der Waals surface area contributed by atoms with Crippen LogP contribution in [-0.4, -0.2) is 31.2 Å². The zero-order valence-electron chi connectivity index (χ0n) is 13.5. The normalized spacial score (nSPS) is 18.0. The van der Waals surface area contributed by atoms with Crippen LogP contribution in [0.4, 0.5) is 5.69 Å². The number of halogens is 3. The monoisotopic (exact) mass is 476 g/mol. The van der Waals surface area contributed by atoms with Crippen LogP contribution in [0, 0.1) is 0 Å². The molecule has 0 unspecified atom stereocenters. The average Bonchev–Trinajstić information content (AvgIpc) is 3.09. The average molecular weight is 478 g/mol. The van der Waals surface area contributed by atoms with Crippen molar-refractivity contribution in [1.82, 2.24) is 4.31 Å².